The van der Waals surface area contributed by atoms with Crippen molar-refractivity contribution in [2.24, 2.45) is 0 Å². The van der Waals surface area contributed by atoms with Gasteiger partial charge < -0.3 is 10.5 Å². The van der Waals surface area contributed by atoms with Crippen molar-refractivity contribution in [1.82, 2.24) is 0 Å². The number of anilines is 1. The number of nitrogen functional groups attached to an aromatic ring is 1. The molecule has 0 radical (unpaired) electrons. The van der Waals surface area contributed by atoms with E-state index in [1.165, 1.54) is 36.4 Å². The van der Waals surface area contributed by atoms with Crippen LogP contribution in [0.1, 0.15) is 5.56 Å². The van der Waals surface area contributed by atoms with E-state index in [1.54, 1.807) is 0 Å². The summed E-state index contributed by atoms with van der Waals surface area (Å²) in [5, 5.41) is 0.227. The molecule has 0 amide bonds. The highest BCUT2D eigenvalue weighted by Gasteiger charge is 2.09. The lowest BCUT2D eigenvalue weighted by Crippen LogP contribution is -2.01. The predicted molar refractivity (Wildman–Crippen MR) is 66.6 cm³/mol. The summed E-state index contributed by atoms with van der Waals surface area (Å²) in [5.41, 5.74) is 6.35. The van der Waals surface area contributed by atoms with Crippen LogP contribution >= 0.6 is 11.6 Å². The van der Waals surface area contributed by atoms with Crippen LogP contribution in [0.3, 0.4) is 0 Å². The van der Waals surface area contributed by atoms with Crippen molar-refractivity contribution in [3.05, 3.63) is 58.6 Å². The first-order valence-corrected chi connectivity index (χ1v) is 5.56. The van der Waals surface area contributed by atoms with Gasteiger partial charge in [-0.3, -0.25) is 0 Å². The maximum Gasteiger partial charge on any atom is 0.178 e. The normalized spacial score (nSPS) is 10.4. The zero-order valence-corrected chi connectivity index (χ0v) is 10.0. The number of benzene rings is 2. The van der Waals surface area contributed by atoms with Crippen LogP contribution in [0.15, 0.2) is 36.4 Å². The van der Waals surface area contributed by atoms with Crippen LogP contribution in [-0.2, 0) is 6.61 Å². The van der Waals surface area contributed by atoms with Gasteiger partial charge >= 0.3 is 0 Å². The molecule has 5 heteroatoms. The Morgan fingerprint density at radius 2 is 1.94 bits per heavy atom. The highest BCUT2D eigenvalue weighted by molar-refractivity contribution is 6.31. The van der Waals surface area contributed by atoms with E-state index in [0.717, 1.165) is 0 Å². The van der Waals surface area contributed by atoms with Gasteiger partial charge in [0.25, 0.3) is 0 Å². The molecule has 0 aliphatic carbocycles. The van der Waals surface area contributed by atoms with Gasteiger partial charge in [0, 0.05) is 5.56 Å². The van der Waals surface area contributed by atoms with E-state index in [9.17, 15) is 8.78 Å². The fourth-order valence-corrected chi connectivity index (χ4v) is 1.69. The van der Waals surface area contributed by atoms with Gasteiger partial charge in [-0.05, 0) is 24.3 Å². The number of halogens is 3. The fourth-order valence-electron chi connectivity index (χ4n) is 1.47. The molecule has 2 rings (SSSR count). The fraction of sp³-hybridized carbons (Fsp3) is 0.0769. The molecule has 2 N–H and O–H groups in total. The number of ether oxygens (including phenoxy) is 1. The summed E-state index contributed by atoms with van der Waals surface area (Å²) in [6.07, 6.45) is 0. The van der Waals surface area contributed by atoms with E-state index < -0.39 is 11.6 Å². The Morgan fingerprint density at radius 3 is 2.61 bits per heavy atom. The van der Waals surface area contributed by atoms with Crippen molar-refractivity contribution < 1.29 is 13.5 Å². The lowest BCUT2D eigenvalue weighted by atomic mass is 10.2. The Bertz CT molecular complexity index is 555. The van der Waals surface area contributed by atoms with Crippen molar-refractivity contribution in [3.63, 3.8) is 0 Å². The minimum Gasteiger partial charge on any atom is -0.484 e. The first kappa shape index (κ1) is 12.6. The van der Waals surface area contributed by atoms with Crippen LogP contribution in [0.25, 0.3) is 0 Å². The van der Waals surface area contributed by atoms with Gasteiger partial charge in [0.05, 0.1) is 10.7 Å². The molecule has 0 spiro atoms. The van der Waals surface area contributed by atoms with Crippen LogP contribution in [0.5, 0.6) is 5.75 Å². The Balaban J connectivity index is 2.16. The molecule has 0 heterocycles. The van der Waals surface area contributed by atoms with E-state index in [1.807, 2.05) is 0 Å². The monoisotopic (exact) mass is 269 g/mol. The van der Waals surface area contributed by atoms with Crippen molar-refractivity contribution in [1.29, 1.82) is 0 Å². The SMILES string of the molecule is Nc1cccc(F)c1OCc1ccc(F)cc1Cl. The first-order valence-electron chi connectivity index (χ1n) is 5.18. The minimum absolute atomic E-state index is 0.0181. The second kappa shape index (κ2) is 5.23. The zero-order valence-electron chi connectivity index (χ0n) is 9.29. The third-order valence-corrected chi connectivity index (χ3v) is 2.74. The van der Waals surface area contributed by atoms with Crippen LogP contribution in [0.2, 0.25) is 5.02 Å². The van der Waals surface area contributed by atoms with Crippen LogP contribution < -0.4 is 10.5 Å². The summed E-state index contributed by atoms with van der Waals surface area (Å²) in [6, 6.07) is 8.18. The van der Waals surface area contributed by atoms with E-state index in [2.05, 4.69) is 0 Å². The van der Waals surface area contributed by atoms with Crippen LogP contribution in [-0.4, -0.2) is 0 Å². The third-order valence-electron chi connectivity index (χ3n) is 2.38. The van der Waals surface area contributed by atoms with E-state index in [0.29, 0.717) is 5.56 Å². The zero-order chi connectivity index (χ0) is 13.1. The summed E-state index contributed by atoms with van der Waals surface area (Å²) in [5.74, 6) is -1.01. The number of nitrogens with two attached hydrogens (primary N) is 1. The number of rotatable bonds is 3. The lowest BCUT2D eigenvalue weighted by Gasteiger charge is -2.10. The molecule has 0 saturated carbocycles. The molecule has 0 aliphatic heterocycles. The molecular formula is C13H10ClF2NO. The van der Waals surface area contributed by atoms with Crippen molar-refractivity contribution in [2.75, 3.05) is 5.73 Å². The van der Waals surface area contributed by atoms with E-state index in [4.69, 9.17) is 22.1 Å². The molecule has 0 fully saturated rings. The standard InChI is InChI=1S/C13H10ClF2NO/c14-10-6-9(15)5-4-8(10)7-18-13-11(16)2-1-3-12(13)17/h1-6H,7,17H2. The smallest absolute Gasteiger partial charge is 0.178 e. The van der Waals surface area contributed by atoms with Gasteiger partial charge in [-0.2, -0.15) is 0 Å². The molecule has 0 unspecified atom stereocenters. The van der Waals surface area contributed by atoms with Gasteiger partial charge in [0.15, 0.2) is 11.6 Å². The van der Waals surface area contributed by atoms with Gasteiger partial charge in [-0.25, -0.2) is 8.78 Å². The number of hydrogen-bond donors (Lipinski definition) is 1. The van der Waals surface area contributed by atoms with E-state index >= 15 is 0 Å². The Kier molecular flexibility index (Phi) is 3.67. The highest BCUT2D eigenvalue weighted by atomic mass is 35.5. The lowest BCUT2D eigenvalue weighted by molar-refractivity contribution is 0.292. The molecular weight excluding hydrogens is 260 g/mol. The average molecular weight is 270 g/mol. The highest BCUT2D eigenvalue weighted by Crippen LogP contribution is 2.27. The molecule has 2 aromatic rings. The van der Waals surface area contributed by atoms with Gasteiger partial charge in [0.2, 0.25) is 0 Å². The van der Waals surface area contributed by atoms with E-state index in [-0.39, 0.29) is 23.1 Å². The van der Waals surface area contributed by atoms with Gasteiger partial charge in [-0.15, -0.1) is 0 Å². The summed E-state index contributed by atoms with van der Waals surface area (Å²) in [7, 11) is 0. The number of hydrogen-bond acceptors (Lipinski definition) is 2. The van der Waals surface area contributed by atoms with Crippen molar-refractivity contribution in [2.45, 2.75) is 6.61 Å². The summed E-state index contributed by atoms with van der Waals surface area (Å²) < 4.78 is 31.5. The second-order valence-corrected chi connectivity index (χ2v) is 4.09. The molecule has 0 aromatic heterocycles. The second-order valence-electron chi connectivity index (χ2n) is 3.68. The first-order chi connectivity index (χ1) is 8.58. The Hall–Kier alpha value is -1.81. The molecule has 2 aromatic carbocycles. The molecule has 0 atom stereocenters. The summed E-state index contributed by atoms with van der Waals surface area (Å²) in [6.45, 7) is 0.0181. The Labute approximate surface area is 108 Å². The topological polar surface area (TPSA) is 35.2 Å². The molecule has 0 saturated heterocycles. The number of para-hydroxylation sites is 1. The van der Waals surface area contributed by atoms with Crippen LogP contribution in [0, 0.1) is 11.6 Å². The average Bonchev–Trinajstić information content (AvgIpc) is 2.31. The summed E-state index contributed by atoms with van der Waals surface area (Å²) in [4.78, 5) is 0. The molecule has 94 valence electrons. The largest absolute Gasteiger partial charge is 0.484 e. The molecule has 2 nitrogen and oxygen atoms in total. The third kappa shape index (κ3) is 2.71. The minimum atomic E-state index is -0.548. The van der Waals surface area contributed by atoms with Crippen molar-refractivity contribution >= 4 is 17.3 Å². The van der Waals surface area contributed by atoms with Crippen LogP contribution in [0.4, 0.5) is 14.5 Å². The summed E-state index contributed by atoms with van der Waals surface area (Å²) >= 11 is 5.83. The molecule has 18 heavy (non-hydrogen) atoms. The molecule has 0 bridgehead atoms. The van der Waals surface area contributed by atoms with Gasteiger partial charge in [-0.1, -0.05) is 23.7 Å². The maximum absolute atomic E-state index is 13.4. The molecule has 0 aliphatic rings. The maximum atomic E-state index is 13.4. The van der Waals surface area contributed by atoms with Crippen molar-refractivity contribution in [3.8, 4) is 5.75 Å². The Morgan fingerprint density at radius 1 is 1.17 bits per heavy atom. The quantitative estimate of drug-likeness (QED) is 0.861. The van der Waals surface area contributed by atoms with Gasteiger partial charge in [0.1, 0.15) is 12.4 Å². The predicted octanol–water partition coefficient (Wildman–Crippen LogP) is 3.78.